The number of aliphatic carboxylic acids is 1. The molecule has 1 heterocycles. The van der Waals surface area contributed by atoms with Gasteiger partial charge in [-0.25, -0.2) is 0 Å². The van der Waals surface area contributed by atoms with E-state index < -0.39 is 11.4 Å². The highest BCUT2D eigenvalue weighted by molar-refractivity contribution is 5.76. The maximum absolute atomic E-state index is 11.3. The first-order chi connectivity index (χ1) is 6.26. The molecule has 0 aromatic rings. The summed E-state index contributed by atoms with van der Waals surface area (Å²) < 4.78 is 0. The summed E-state index contributed by atoms with van der Waals surface area (Å²) in [5.41, 5.74) is -0.420. The molecule has 0 aromatic carbocycles. The Balaban J connectivity index is 2.22. The molecule has 1 aliphatic heterocycles. The molecule has 0 unspecified atom stereocenters. The van der Waals surface area contributed by atoms with Gasteiger partial charge in [0.25, 0.3) is 0 Å². The summed E-state index contributed by atoms with van der Waals surface area (Å²) >= 11 is 0. The summed E-state index contributed by atoms with van der Waals surface area (Å²) in [5, 5.41) is 12.6. The first-order valence-electron chi connectivity index (χ1n) is 5.22. The summed E-state index contributed by atoms with van der Waals surface area (Å²) in [5.74, 6) is -0.579. The minimum Gasteiger partial charge on any atom is -0.481 e. The van der Waals surface area contributed by atoms with Crippen LogP contribution < -0.4 is 5.32 Å². The van der Waals surface area contributed by atoms with Gasteiger partial charge in [-0.1, -0.05) is 19.3 Å². The second kappa shape index (κ2) is 3.29. The molecule has 3 nitrogen and oxygen atoms in total. The standard InChI is InChI=1S/C10H17NO2/c12-9(13)10-5-3-1-2-4-8(10)11-7-6-10/h8,11H,1-7H2,(H,12,13)/t8-,10+/m0/s1. The fourth-order valence-electron chi connectivity index (χ4n) is 2.85. The van der Waals surface area contributed by atoms with Crippen molar-refractivity contribution in [2.45, 2.75) is 44.6 Å². The molecule has 74 valence electrons. The Bertz CT molecular complexity index is 217. The van der Waals surface area contributed by atoms with Crippen LogP contribution in [0.3, 0.4) is 0 Å². The first-order valence-corrected chi connectivity index (χ1v) is 5.22. The number of hydrogen-bond acceptors (Lipinski definition) is 2. The third-order valence-electron chi connectivity index (χ3n) is 3.67. The van der Waals surface area contributed by atoms with Crippen molar-refractivity contribution in [2.24, 2.45) is 5.41 Å². The lowest BCUT2D eigenvalue weighted by Crippen LogP contribution is -2.41. The van der Waals surface area contributed by atoms with Gasteiger partial charge in [0.2, 0.25) is 0 Å². The summed E-state index contributed by atoms with van der Waals surface area (Å²) in [6.45, 7) is 0.886. The van der Waals surface area contributed by atoms with Crippen molar-refractivity contribution in [3.05, 3.63) is 0 Å². The normalized spacial score (nSPS) is 39.5. The zero-order valence-electron chi connectivity index (χ0n) is 7.88. The molecule has 2 rings (SSSR count). The topological polar surface area (TPSA) is 49.3 Å². The van der Waals surface area contributed by atoms with Crippen molar-refractivity contribution in [1.29, 1.82) is 0 Å². The van der Waals surface area contributed by atoms with E-state index in [2.05, 4.69) is 5.32 Å². The quantitative estimate of drug-likeness (QED) is 0.645. The SMILES string of the molecule is O=C(O)[C@@]12CCCCC[C@@H]1NCC2. The molecular formula is C10H17NO2. The molecule has 2 atom stereocenters. The maximum atomic E-state index is 11.3. The van der Waals surface area contributed by atoms with E-state index in [4.69, 9.17) is 0 Å². The molecule has 0 radical (unpaired) electrons. The van der Waals surface area contributed by atoms with E-state index in [0.29, 0.717) is 0 Å². The lowest BCUT2D eigenvalue weighted by Gasteiger charge is -2.28. The van der Waals surface area contributed by atoms with E-state index in [-0.39, 0.29) is 6.04 Å². The zero-order chi connectivity index (χ0) is 9.31. The minimum atomic E-state index is -0.579. The molecule has 2 aliphatic rings. The lowest BCUT2D eigenvalue weighted by molar-refractivity contribution is -0.150. The number of hydrogen-bond donors (Lipinski definition) is 2. The molecule has 13 heavy (non-hydrogen) atoms. The fraction of sp³-hybridized carbons (Fsp3) is 0.900. The second-order valence-corrected chi connectivity index (χ2v) is 4.32. The van der Waals surface area contributed by atoms with Gasteiger partial charge < -0.3 is 10.4 Å². The summed E-state index contributed by atoms with van der Waals surface area (Å²) in [4.78, 5) is 11.3. The molecule has 0 bridgehead atoms. The number of rotatable bonds is 1. The molecule has 1 saturated carbocycles. The number of nitrogens with one attached hydrogen (secondary N) is 1. The summed E-state index contributed by atoms with van der Waals surface area (Å²) in [6.07, 6.45) is 6.23. The van der Waals surface area contributed by atoms with Gasteiger partial charge in [0.1, 0.15) is 0 Å². The van der Waals surface area contributed by atoms with Crippen molar-refractivity contribution >= 4 is 5.97 Å². The van der Waals surface area contributed by atoms with Crippen LogP contribution in [0, 0.1) is 5.41 Å². The summed E-state index contributed by atoms with van der Waals surface area (Å²) in [7, 11) is 0. The highest BCUT2D eigenvalue weighted by atomic mass is 16.4. The van der Waals surface area contributed by atoms with Crippen molar-refractivity contribution in [1.82, 2.24) is 5.32 Å². The van der Waals surface area contributed by atoms with Gasteiger partial charge in [-0.3, -0.25) is 4.79 Å². The van der Waals surface area contributed by atoms with Crippen molar-refractivity contribution < 1.29 is 9.90 Å². The van der Waals surface area contributed by atoms with Gasteiger partial charge in [0.15, 0.2) is 0 Å². The van der Waals surface area contributed by atoms with Crippen LogP contribution in [0.15, 0.2) is 0 Å². The third kappa shape index (κ3) is 1.35. The largest absolute Gasteiger partial charge is 0.481 e. The Kier molecular flexibility index (Phi) is 2.28. The van der Waals surface area contributed by atoms with Gasteiger partial charge in [0.05, 0.1) is 5.41 Å². The van der Waals surface area contributed by atoms with E-state index in [1.54, 1.807) is 0 Å². The monoisotopic (exact) mass is 183 g/mol. The molecular weight excluding hydrogens is 166 g/mol. The van der Waals surface area contributed by atoms with E-state index in [1.165, 1.54) is 12.8 Å². The van der Waals surface area contributed by atoms with Crippen LogP contribution in [0.1, 0.15) is 38.5 Å². The van der Waals surface area contributed by atoms with Crippen molar-refractivity contribution in [3.63, 3.8) is 0 Å². The number of carboxylic acid groups (broad SMARTS) is 1. The zero-order valence-corrected chi connectivity index (χ0v) is 7.88. The smallest absolute Gasteiger partial charge is 0.311 e. The van der Waals surface area contributed by atoms with Crippen LogP contribution >= 0.6 is 0 Å². The van der Waals surface area contributed by atoms with E-state index in [0.717, 1.165) is 32.2 Å². The molecule has 1 aliphatic carbocycles. The Hall–Kier alpha value is -0.570. The fourth-order valence-corrected chi connectivity index (χ4v) is 2.85. The first kappa shape index (κ1) is 9.00. The van der Waals surface area contributed by atoms with Gasteiger partial charge in [-0.15, -0.1) is 0 Å². The van der Waals surface area contributed by atoms with Gasteiger partial charge in [-0.2, -0.15) is 0 Å². The Morgan fingerprint density at radius 3 is 2.92 bits per heavy atom. The van der Waals surface area contributed by atoms with Crippen LogP contribution in [-0.2, 0) is 4.79 Å². The number of carboxylic acids is 1. The van der Waals surface area contributed by atoms with Gasteiger partial charge in [0, 0.05) is 6.04 Å². The summed E-state index contributed by atoms with van der Waals surface area (Å²) in [6, 6.07) is 0.243. The Labute approximate surface area is 78.5 Å². The molecule has 2 N–H and O–H groups in total. The van der Waals surface area contributed by atoms with E-state index >= 15 is 0 Å². The van der Waals surface area contributed by atoms with E-state index in [1.807, 2.05) is 0 Å². The molecule has 3 heteroatoms. The van der Waals surface area contributed by atoms with Crippen molar-refractivity contribution in [2.75, 3.05) is 6.54 Å². The molecule has 1 saturated heterocycles. The maximum Gasteiger partial charge on any atom is 0.311 e. The number of carbonyl (C=O) groups is 1. The average molecular weight is 183 g/mol. The van der Waals surface area contributed by atoms with Crippen LogP contribution in [0.5, 0.6) is 0 Å². The Morgan fingerprint density at radius 2 is 2.15 bits per heavy atom. The third-order valence-corrected chi connectivity index (χ3v) is 3.67. The van der Waals surface area contributed by atoms with Crippen LogP contribution in [0.25, 0.3) is 0 Å². The van der Waals surface area contributed by atoms with Gasteiger partial charge >= 0.3 is 5.97 Å². The molecule has 2 fully saturated rings. The Morgan fingerprint density at radius 1 is 1.31 bits per heavy atom. The number of fused-ring (bicyclic) bond motifs is 1. The van der Waals surface area contributed by atoms with Crippen LogP contribution in [-0.4, -0.2) is 23.7 Å². The van der Waals surface area contributed by atoms with Crippen LogP contribution in [0.2, 0.25) is 0 Å². The van der Waals surface area contributed by atoms with Crippen molar-refractivity contribution in [3.8, 4) is 0 Å². The van der Waals surface area contributed by atoms with Gasteiger partial charge in [-0.05, 0) is 25.8 Å². The lowest BCUT2D eigenvalue weighted by atomic mass is 9.77. The molecule has 0 amide bonds. The molecule has 0 aromatic heterocycles. The average Bonchev–Trinajstić information content (AvgIpc) is 2.40. The minimum absolute atomic E-state index is 0.243. The van der Waals surface area contributed by atoms with Crippen LogP contribution in [0.4, 0.5) is 0 Å². The molecule has 0 spiro atoms. The highest BCUT2D eigenvalue weighted by Gasteiger charge is 2.48. The van der Waals surface area contributed by atoms with E-state index in [9.17, 15) is 9.90 Å². The predicted octanol–water partition coefficient (Wildman–Crippen LogP) is 1.38. The highest BCUT2D eigenvalue weighted by Crippen LogP contribution is 2.41. The second-order valence-electron chi connectivity index (χ2n) is 4.32. The predicted molar refractivity (Wildman–Crippen MR) is 49.6 cm³/mol.